The van der Waals surface area contributed by atoms with E-state index in [0.29, 0.717) is 5.82 Å². The quantitative estimate of drug-likeness (QED) is 0.683. The highest BCUT2D eigenvalue weighted by molar-refractivity contribution is 5.96. The van der Waals surface area contributed by atoms with Crippen LogP contribution in [0.15, 0.2) is 24.5 Å². The third kappa shape index (κ3) is 1.16. The Kier molecular flexibility index (Phi) is 1.73. The molecule has 2 rings (SSSR count). The minimum Gasteiger partial charge on any atom is -0.386 e. The Morgan fingerprint density at radius 2 is 2.15 bits per heavy atom. The fraction of sp³-hybridized carbons (Fsp3) is 0.111. The van der Waals surface area contributed by atoms with E-state index in [1.807, 2.05) is 25.2 Å². The molecule has 0 saturated heterocycles. The van der Waals surface area contributed by atoms with Gasteiger partial charge in [0.05, 0.1) is 11.2 Å². The molecule has 0 aliphatic carbocycles. The fourth-order valence-electron chi connectivity index (χ4n) is 1.31. The van der Waals surface area contributed by atoms with E-state index in [1.165, 1.54) is 6.33 Å². The number of aromatic nitrogens is 2. The molecule has 3 N–H and O–H groups in total. The molecule has 0 aliphatic heterocycles. The predicted octanol–water partition coefficient (Wildman–Crippen LogP) is 1.25. The molecule has 1 aromatic carbocycles. The number of hydrogen-bond acceptors (Lipinski definition) is 4. The lowest BCUT2D eigenvalue weighted by molar-refractivity contribution is 1.23. The highest BCUT2D eigenvalue weighted by Crippen LogP contribution is 2.22. The molecule has 13 heavy (non-hydrogen) atoms. The largest absolute Gasteiger partial charge is 0.386 e. The average Bonchev–Trinajstić information content (AvgIpc) is 2.18. The number of anilines is 2. The summed E-state index contributed by atoms with van der Waals surface area (Å²) in [6.07, 6.45) is 1.47. The molecule has 66 valence electrons. The molecular weight excluding hydrogens is 164 g/mol. The second-order valence-electron chi connectivity index (χ2n) is 2.71. The molecule has 0 saturated carbocycles. The van der Waals surface area contributed by atoms with Crippen LogP contribution in [0.2, 0.25) is 0 Å². The number of nitrogens with one attached hydrogen (secondary N) is 1. The minimum atomic E-state index is 0.516. The summed E-state index contributed by atoms with van der Waals surface area (Å²) in [6, 6.07) is 5.79. The van der Waals surface area contributed by atoms with Crippen molar-refractivity contribution in [1.82, 2.24) is 9.97 Å². The van der Waals surface area contributed by atoms with Crippen molar-refractivity contribution >= 4 is 22.4 Å². The number of nitrogens with two attached hydrogens (primary N) is 1. The van der Waals surface area contributed by atoms with Crippen LogP contribution < -0.4 is 11.1 Å². The molecule has 4 nitrogen and oxygen atoms in total. The summed E-state index contributed by atoms with van der Waals surface area (Å²) in [5, 5.41) is 3.94. The van der Waals surface area contributed by atoms with Crippen molar-refractivity contribution in [2.24, 2.45) is 0 Å². The molecule has 2 aromatic rings. The number of para-hydroxylation sites is 1. The van der Waals surface area contributed by atoms with Gasteiger partial charge in [-0.15, -0.1) is 0 Å². The number of hydrogen-bond donors (Lipinski definition) is 2. The van der Waals surface area contributed by atoms with Crippen molar-refractivity contribution < 1.29 is 0 Å². The van der Waals surface area contributed by atoms with E-state index in [9.17, 15) is 0 Å². The topological polar surface area (TPSA) is 63.8 Å². The maximum atomic E-state index is 5.70. The Bertz CT molecular complexity index is 439. The first-order valence-corrected chi connectivity index (χ1v) is 4.00. The maximum absolute atomic E-state index is 5.70. The molecule has 1 heterocycles. The molecule has 0 atom stereocenters. The third-order valence-electron chi connectivity index (χ3n) is 1.96. The molecule has 0 spiro atoms. The summed E-state index contributed by atoms with van der Waals surface area (Å²) in [7, 11) is 1.85. The maximum Gasteiger partial charge on any atom is 0.134 e. The molecular formula is C9H10N4. The average molecular weight is 174 g/mol. The molecule has 0 amide bonds. The molecule has 0 radical (unpaired) electrons. The van der Waals surface area contributed by atoms with Crippen molar-refractivity contribution in [1.29, 1.82) is 0 Å². The Balaban J connectivity index is 2.84. The fourth-order valence-corrected chi connectivity index (χ4v) is 1.31. The van der Waals surface area contributed by atoms with Gasteiger partial charge in [0.15, 0.2) is 0 Å². The first-order valence-electron chi connectivity index (χ1n) is 4.00. The summed E-state index contributed by atoms with van der Waals surface area (Å²) in [5.74, 6) is 0.516. The number of fused-ring (bicyclic) bond motifs is 1. The summed E-state index contributed by atoms with van der Waals surface area (Å²) < 4.78 is 0. The Morgan fingerprint density at radius 1 is 1.31 bits per heavy atom. The van der Waals surface area contributed by atoms with Gasteiger partial charge < -0.3 is 11.1 Å². The zero-order valence-corrected chi connectivity index (χ0v) is 7.28. The predicted molar refractivity (Wildman–Crippen MR) is 53.5 cm³/mol. The van der Waals surface area contributed by atoms with Crippen molar-refractivity contribution in [2.75, 3.05) is 18.1 Å². The van der Waals surface area contributed by atoms with E-state index in [-0.39, 0.29) is 0 Å². The third-order valence-corrected chi connectivity index (χ3v) is 1.96. The van der Waals surface area contributed by atoms with Crippen molar-refractivity contribution in [3.05, 3.63) is 24.5 Å². The van der Waals surface area contributed by atoms with Crippen molar-refractivity contribution in [3.63, 3.8) is 0 Å². The Labute approximate surface area is 75.8 Å². The smallest absolute Gasteiger partial charge is 0.134 e. The van der Waals surface area contributed by atoms with Gasteiger partial charge >= 0.3 is 0 Å². The monoisotopic (exact) mass is 174 g/mol. The second kappa shape index (κ2) is 2.90. The van der Waals surface area contributed by atoms with Crippen LogP contribution in [0.3, 0.4) is 0 Å². The van der Waals surface area contributed by atoms with Crippen LogP contribution in [0, 0.1) is 0 Å². The number of nitrogen functional groups attached to an aromatic ring is 1. The summed E-state index contributed by atoms with van der Waals surface area (Å²) in [4.78, 5) is 8.08. The van der Waals surface area contributed by atoms with Crippen molar-refractivity contribution in [2.45, 2.75) is 0 Å². The van der Waals surface area contributed by atoms with Crippen LogP contribution in [0.5, 0.6) is 0 Å². The van der Waals surface area contributed by atoms with Gasteiger partial charge in [-0.05, 0) is 12.1 Å². The first kappa shape index (κ1) is 7.79. The van der Waals surface area contributed by atoms with Gasteiger partial charge in [-0.2, -0.15) is 0 Å². The van der Waals surface area contributed by atoms with Crippen LogP contribution in [0.4, 0.5) is 11.5 Å². The van der Waals surface area contributed by atoms with Gasteiger partial charge in [-0.3, -0.25) is 0 Å². The Hall–Kier alpha value is -1.84. The first-order chi connectivity index (χ1) is 6.33. The van der Waals surface area contributed by atoms with Crippen LogP contribution in [0.25, 0.3) is 10.9 Å². The van der Waals surface area contributed by atoms with Crippen LogP contribution in [0.1, 0.15) is 0 Å². The summed E-state index contributed by atoms with van der Waals surface area (Å²) in [6.45, 7) is 0. The van der Waals surface area contributed by atoms with Crippen LogP contribution in [-0.4, -0.2) is 17.0 Å². The zero-order valence-electron chi connectivity index (χ0n) is 7.28. The molecule has 4 heteroatoms. The highest BCUT2D eigenvalue weighted by Gasteiger charge is 2.02. The highest BCUT2D eigenvalue weighted by atomic mass is 14.9. The van der Waals surface area contributed by atoms with Crippen molar-refractivity contribution in [3.8, 4) is 0 Å². The molecule has 0 aliphatic rings. The molecule has 0 unspecified atom stereocenters. The standard InChI is InChI=1S/C9H10N4/c1-11-7-4-2-3-6-8(7)12-5-13-9(6)10/h2-5,11H,1H3,(H2,10,12,13). The number of nitrogens with zero attached hydrogens (tertiary/aromatic N) is 2. The van der Waals surface area contributed by atoms with Gasteiger partial charge in [0.25, 0.3) is 0 Å². The zero-order chi connectivity index (χ0) is 9.26. The van der Waals surface area contributed by atoms with E-state index in [4.69, 9.17) is 5.73 Å². The summed E-state index contributed by atoms with van der Waals surface area (Å²) >= 11 is 0. The number of rotatable bonds is 1. The second-order valence-corrected chi connectivity index (χ2v) is 2.71. The van der Waals surface area contributed by atoms with Gasteiger partial charge in [0, 0.05) is 12.4 Å². The Morgan fingerprint density at radius 3 is 2.92 bits per heavy atom. The normalized spacial score (nSPS) is 10.2. The summed E-state index contributed by atoms with van der Waals surface area (Å²) in [5.41, 5.74) is 7.52. The van der Waals surface area contributed by atoms with E-state index >= 15 is 0 Å². The number of benzene rings is 1. The SMILES string of the molecule is CNc1cccc2c(N)ncnc12. The molecule has 1 aromatic heterocycles. The van der Waals surface area contributed by atoms with E-state index in [1.54, 1.807) is 0 Å². The van der Waals surface area contributed by atoms with Gasteiger partial charge in [0.1, 0.15) is 12.1 Å². The molecule has 0 bridgehead atoms. The molecule has 0 fully saturated rings. The lowest BCUT2D eigenvalue weighted by Crippen LogP contribution is -1.96. The van der Waals surface area contributed by atoms with E-state index in [2.05, 4.69) is 15.3 Å². The van der Waals surface area contributed by atoms with Gasteiger partial charge in [0.2, 0.25) is 0 Å². The van der Waals surface area contributed by atoms with Gasteiger partial charge in [-0.1, -0.05) is 6.07 Å². The van der Waals surface area contributed by atoms with Crippen LogP contribution in [-0.2, 0) is 0 Å². The van der Waals surface area contributed by atoms with Gasteiger partial charge in [-0.25, -0.2) is 9.97 Å². The lowest BCUT2D eigenvalue weighted by Gasteiger charge is -2.04. The minimum absolute atomic E-state index is 0.516. The van der Waals surface area contributed by atoms with Crippen LogP contribution >= 0.6 is 0 Å². The van der Waals surface area contributed by atoms with E-state index < -0.39 is 0 Å². The van der Waals surface area contributed by atoms with E-state index in [0.717, 1.165) is 16.6 Å². The lowest BCUT2D eigenvalue weighted by atomic mass is 10.2.